The molecule has 0 aliphatic carbocycles. The Bertz CT molecular complexity index is 528. The summed E-state index contributed by atoms with van der Waals surface area (Å²) in [7, 11) is 2.01. The van der Waals surface area contributed by atoms with Gasteiger partial charge in [0.05, 0.1) is 24.6 Å². The molecule has 18 heavy (non-hydrogen) atoms. The Morgan fingerprint density at radius 2 is 2.33 bits per heavy atom. The van der Waals surface area contributed by atoms with Gasteiger partial charge in [-0.1, -0.05) is 0 Å². The predicted octanol–water partition coefficient (Wildman–Crippen LogP) is 0.132. The van der Waals surface area contributed by atoms with E-state index < -0.39 is 0 Å². The summed E-state index contributed by atoms with van der Waals surface area (Å²) in [5.41, 5.74) is 7.11. The number of aromatic nitrogens is 4. The first-order valence-corrected chi connectivity index (χ1v) is 6.20. The first-order chi connectivity index (χ1) is 8.79. The molecule has 0 saturated carbocycles. The molecule has 96 valence electrons. The Kier molecular flexibility index (Phi) is 2.89. The van der Waals surface area contributed by atoms with Crippen LogP contribution in [-0.2, 0) is 20.1 Å². The predicted molar refractivity (Wildman–Crippen MR) is 67.6 cm³/mol. The summed E-state index contributed by atoms with van der Waals surface area (Å²) < 4.78 is 4.24. The number of fused-ring (bicyclic) bond motifs is 1. The Hall–Kier alpha value is -1.66. The molecular weight excluding hydrogens is 228 g/mol. The molecule has 0 saturated heterocycles. The van der Waals surface area contributed by atoms with Crippen LogP contribution in [0.15, 0.2) is 24.9 Å². The maximum atomic E-state index is 5.95. The number of aryl methyl sites for hydroxylation is 1. The Morgan fingerprint density at radius 1 is 1.44 bits per heavy atom. The van der Waals surface area contributed by atoms with E-state index in [2.05, 4.69) is 19.4 Å². The van der Waals surface area contributed by atoms with Crippen molar-refractivity contribution >= 4 is 0 Å². The summed E-state index contributed by atoms with van der Waals surface area (Å²) in [5.74, 6) is 1.11. The second-order valence-corrected chi connectivity index (χ2v) is 4.69. The molecule has 2 N–H and O–H groups in total. The van der Waals surface area contributed by atoms with E-state index >= 15 is 0 Å². The lowest BCUT2D eigenvalue weighted by molar-refractivity contribution is 0.151. The van der Waals surface area contributed by atoms with Gasteiger partial charge < -0.3 is 14.9 Å². The average Bonchev–Trinajstić information content (AvgIpc) is 2.99. The van der Waals surface area contributed by atoms with Gasteiger partial charge in [0.2, 0.25) is 0 Å². The van der Waals surface area contributed by atoms with E-state index in [1.807, 2.05) is 36.5 Å². The molecular formula is C12H18N6. The summed E-state index contributed by atoms with van der Waals surface area (Å²) in [4.78, 5) is 10.9. The zero-order valence-corrected chi connectivity index (χ0v) is 10.5. The molecule has 0 spiro atoms. The van der Waals surface area contributed by atoms with Gasteiger partial charge in [0, 0.05) is 45.3 Å². The minimum Gasteiger partial charge on any atom is -0.336 e. The SMILES string of the molecule is Cn1cncc1C(CN)N1CCn2ccnc2C1. The molecule has 0 radical (unpaired) electrons. The molecule has 0 fully saturated rings. The summed E-state index contributed by atoms with van der Waals surface area (Å²) in [6, 6.07) is 0.211. The third-order valence-corrected chi connectivity index (χ3v) is 3.63. The summed E-state index contributed by atoms with van der Waals surface area (Å²) in [6.45, 7) is 3.42. The van der Waals surface area contributed by atoms with Gasteiger partial charge >= 0.3 is 0 Å². The van der Waals surface area contributed by atoms with Gasteiger partial charge in [0.15, 0.2) is 0 Å². The van der Waals surface area contributed by atoms with Crippen molar-refractivity contribution in [3.63, 3.8) is 0 Å². The van der Waals surface area contributed by atoms with Gasteiger partial charge in [0.25, 0.3) is 0 Å². The largest absolute Gasteiger partial charge is 0.336 e. The highest BCUT2D eigenvalue weighted by Gasteiger charge is 2.25. The van der Waals surface area contributed by atoms with Gasteiger partial charge in [0.1, 0.15) is 5.82 Å². The first kappa shape index (κ1) is 11.4. The standard InChI is InChI=1S/C12H18N6/c1-16-9-14-7-11(16)10(6-13)18-5-4-17-3-2-15-12(17)8-18/h2-3,7,9-10H,4-6,8,13H2,1H3. The maximum absolute atomic E-state index is 5.95. The second-order valence-electron chi connectivity index (χ2n) is 4.69. The lowest BCUT2D eigenvalue weighted by Crippen LogP contribution is -2.40. The van der Waals surface area contributed by atoms with Crippen LogP contribution in [0.25, 0.3) is 0 Å². The zero-order chi connectivity index (χ0) is 12.5. The normalized spacial score (nSPS) is 17.7. The monoisotopic (exact) mass is 246 g/mol. The molecule has 0 bridgehead atoms. The fourth-order valence-corrected chi connectivity index (χ4v) is 2.60. The van der Waals surface area contributed by atoms with Gasteiger partial charge in [-0.2, -0.15) is 0 Å². The van der Waals surface area contributed by atoms with E-state index in [4.69, 9.17) is 5.73 Å². The fourth-order valence-electron chi connectivity index (χ4n) is 2.60. The van der Waals surface area contributed by atoms with Crippen molar-refractivity contribution in [2.45, 2.75) is 19.1 Å². The summed E-state index contributed by atoms with van der Waals surface area (Å²) in [6.07, 6.45) is 7.62. The van der Waals surface area contributed by atoms with Crippen LogP contribution in [0.4, 0.5) is 0 Å². The molecule has 6 heteroatoms. The minimum atomic E-state index is 0.211. The van der Waals surface area contributed by atoms with Crippen molar-refractivity contribution in [2.24, 2.45) is 12.8 Å². The van der Waals surface area contributed by atoms with Crippen molar-refractivity contribution < 1.29 is 0 Å². The van der Waals surface area contributed by atoms with Gasteiger partial charge in [-0.15, -0.1) is 0 Å². The highest BCUT2D eigenvalue weighted by Crippen LogP contribution is 2.23. The van der Waals surface area contributed by atoms with Crippen LogP contribution in [0.3, 0.4) is 0 Å². The molecule has 2 aromatic rings. The second kappa shape index (κ2) is 4.55. The fraction of sp³-hybridized carbons (Fsp3) is 0.500. The third kappa shape index (κ3) is 1.83. The Morgan fingerprint density at radius 3 is 3.06 bits per heavy atom. The maximum Gasteiger partial charge on any atom is 0.122 e. The van der Waals surface area contributed by atoms with Crippen LogP contribution < -0.4 is 5.73 Å². The van der Waals surface area contributed by atoms with Gasteiger partial charge in [-0.25, -0.2) is 9.97 Å². The van der Waals surface area contributed by atoms with E-state index in [0.29, 0.717) is 6.54 Å². The highest BCUT2D eigenvalue weighted by atomic mass is 15.3. The molecule has 1 aliphatic rings. The van der Waals surface area contributed by atoms with Crippen LogP contribution in [0, 0.1) is 0 Å². The van der Waals surface area contributed by atoms with Crippen molar-refractivity contribution in [1.82, 2.24) is 24.0 Å². The number of rotatable bonds is 3. The van der Waals surface area contributed by atoms with Crippen molar-refractivity contribution in [3.8, 4) is 0 Å². The Balaban J connectivity index is 1.84. The number of hydrogen-bond acceptors (Lipinski definition) is 4. The molecule has 1 atom stereocenters. The van der Waals surface area contributed by atoms with E-state index in [1.165, 1.54) is 0 Å². The smallest absolute Gasteiger partial charge is 0.122 e. The average molecular weight is 246 g/mol. The van der Waals surface area contributed by atoms with E-state index in [-0.39, 0.29) is 6.04 Å². The zero-order valence-electron chi connectivity index (χ0n) is 10.5. The number of nitrogens with zero attached hydrogens (tertiary/aromatic N) is 5. The lowest BCUT2D eigenvalue weighted by Gasteiger charge is -2.34. The van der Waals surface area contributed by atoms with Crippen molar-refractivity contribution in [3.05, 3.63) is 36.4 Å². The van der Waals surface area contributed by atoms with Crippen LogP contribution in [-0.4, -0.2) is 37.1 Å². The minimum absolute atomic E-state index is 0.211. The highest BCUT2D eigenvalue weighted by molar-refractivity contribution is 5.08. The topological polar surface area (TPSA) is 64.9 Å². The van der Waals surface area contributed by atoms with Crippen molar-refractivity contribution in [2.75, 3.05) is 13.1 Å². The third-order valence-electron chi connectivity index (χ3n) is 3.63. The van der Waals surface area contributed by atoms with Crippen LogP contribution >= 0.6 is 0 Å². The van der Waals surface area contributed by atoms with E-state index in [0.717, 1.165) is 31.2 Å². The molecule has 1 unspecified atom stereocenters. The number of imidazole rings is 2. The van der Waals surface area contributed by atoms with E-state index in [9.17, 15) is 0 Å². The van der Waals surface area contributed by atoms with Gasteiger partial charge in [-0.3, -0.25) is 4.90 Å². The molecule has 0 amide bonds. The van der Waals surface area contributed by atoms with Gasteiger partial charge in [-0.05, 0) is 0 Å². The lowest BCUT2D eigenvalue weighted by atomic mass is 10.1. The van der Waals surface area contributed by atoms with Crippen LogP contribution in [0.1, 0.15) is 17.6 Å². The molecule has 3 heterocycles. The van der Waals surface area contributed by atoms with Crippen LogP contribution in [0.5, 0.6) is 0 Å². The van der Waals surface area contributed by atoms with E-state index in [1.54, 1.807) is 0 Å². The molecule has 1 aliphatic heterocycles. The summed E-state index contributed by atoms with van der Waals surface area (Å²) >= 11 is 0. The molecule has 6 nitrogen and oxygen atoms in total. The number of hydrogen-bond donors (Lipinski definition) is 1. The first-order valence-electron chi connectivity index (χ1n) is 6.20. The molecule has 2 aromatic heterocycles. The van der Waals surface area contributed by atoms with Crippen LogP contribution in [0.2, 0.25) is 0 Å². The molecule has 0 aromatic carbocycles. The molecule has 3 rings (SSSR count). The summed E-state index contributed by atoms with van der Waals surface area (Å²) in [5, 5.41) is 0. The quantitative estimate of drug-likeness (QED) is 0.836. The number of nitrogens with two attached hydrogens (primary N) is 1. The van der Waals surface area contributed by atoms with Crippen molar-refractivity contribution in [1.29, 1.82) is 0 Å². The Labute approximate surface area is 106 Å².